The van der Waals surface area contributed by atoms with Gasteiger partial charge in [-0.2, -0.15) is 5.26 Å². The first-order valence-corrected chi connectivity index (χ1v) is 10.8. The molecule has 1 aromatic rings. The highest BCUT2D eigenvalue weighted by Crippen LogP contribution is 2.59. The van der Waals surface area contributed by atoms with E-state index in [1.54, 1.807) is 0 Å². The zero-order valence-corrected chi connectivity index (χ0v) is 16.0. The fourth-order valence-electron chi connectivity index (χ4n) is 6.77. The van der Waals surface area contributed by atoms with Gasteiger partial charge in [0.2, 0.25) is 0 Å². The zero-order valence-electron chi connectivity index (χ0n) is 16.0. The molecule has 0 amide bonds. The van der Waals surface area contributed by atoms with Crippen LogP contribution in [0.4, 0.5) is 0 Å². The average molecular weight is 364 g/mol. The Labute approximate surface area is 161 Å². The van der Waals surface area contributed by atoms with E-state index in [9.17, 15) is 5.26 Å². The molecule has 5 aliphatic rings. The summed E-state index contributed by atoms with van der Waals surface area (Å²) in [6, 6.07) is 9.47. The van der Waals surface area contributed by atoms with Crippen molar-refractivity contribution in [1.29, 1.82) is 5.26 Å². The number of benzene rings is 1. The maximum absolute atomic E-state index is 9.50. The normalized spacial score (nSPS) is 36.9. The third-order valence-electron chi connectivity index (χ3n) is 8.12. The fourth-order valence-corrected chi connectivity index (χ4v) is 6.77. The van der Waals surface area contributed by atoms with E-state index in [4.69, 9.17) is 9.47 Å². The zero-order chi connectivity index (χ0) is 18.1. The van der Waals surface area contributed by atoms with E-state index in [0.717, 1.165) is 44.0 Å². The van der Waals surface area contributed by atoms with Crippen LogP contribution in [0, 0.1) is 23.2 Å². The number of nitriles is 1. The van der Waals surface area contributed by atoms with Crippen LogP contribution in [0.2, 0.25) is 0 Å². The lowest BCUT2D eigenvalue weighted by Crippen LogP contribution is -2.64. The molecule has 2 bridgehead atoms. The molecule has 2 saturated heterocycles. The van der Waals surface area contributed by atoms with Crippen LogP contribution in [0.15, 0.2) is 18.2 Å². The molecule has 142 valence electrons. The molecule has 2 heterocycles. The van der Waals surface area contributed by atoms with Crippen molar-refractivity contribution >= 4 is 0 Å². The predicted octanol–water partition coefficient (Wildman–Crippen LogP) is 3.38. The molecule has 0 aromatic heterocycles. The summed E-state index contributed by atoms with van der Waals surface area (Å²) in [5.41, 5.74) is 3.82. The lowest BCUT2D eigenvalue weighted by Gasteiger charge is -2.61. The van der Waals surface area contributed by atoms with Crippen LogP contribution in [-0.4, -0.2) is 43.0 Å². The highest BCUT2D eigenvalue weighted by molar-refractivity contribution is 5.47. The van der Waals surface area contributed by atoms with Crippen LogP contribution < -0.4 is 0 Å². The molecular formula is C23H28N2O2. The van der Waals surface area contributed by atoms with Gasteiger partial charge in [-0.05, 0) is 73.7 Å². The number of fused-ring (bicyclic) bond motifs is 1. The van der Waals surface area contributed by atoms with Gasteiger partial charge in [-0.1, -0.05) is 6.07 Å². The molecule has 3 atom stereocenters. The van der Waals surface area contributed by atoms with E-state index in [1.807, 2.05) is 6.07 Å². The van der Waals surface area contributed by atoms with Crippen molar-refractivity contribution in [1.82, 2.24) is 4.90 Å². The van der Waals surface area contributed by atoms with Crippen molar-refractivity contribution in [2.24, 2.45) is 11.8 Å². The molecule has 4 fully saturated rings. The molecule has 0 radical (unpaired) electrons. The first kappa shape index (κ1) is 16.5. The molecule has 1 spiro atoms. The van der Waals surface area contributed by atoms with E-state index in [2.05, 4.69) is 23.1 Å². The van der Waals surface area contributed by atoms with Crippen molar-refractivity contribution in [2.45, 2.75) is 62.2 Å². The molecule has 4 heteroatoms. The molecule has 2 aliphatic heterocycles. The van der Waals surface area contributed by atoms with Gasteiger partial charge in [-0.15, -0.1) is 0 Å². The summed E-state index contributed by atoms with van der Waals surface area (Å²) in [6.07, 6.45) is 8.35. The van der Waals surface area contributed by atoms with Crippen molar-refractivity contribution in [3.63, 3.8) is 0 Å². The third kappa shape index (κ3) is 2.45. The molecule has 0 unspecified atom stereocenters. The molecule has 1 aromatic carbocycles. The SMILES string of the molecule is N#Cc1ccc2c(c1)[C@@]13CCN(CC4CC4)[C@@H](C2)[C@H]1CCC1(C3)OCCO1. The molecule has 0 N–H and O–H groups in total. The number of ether oxygens (including phenoxy) is 2. The minimum absolute atomic E-state index is 0.119. The second-order valence-corrected chi connectivity index (χ2v) is 9.53. The largest absolute Gasteiger partial charge is 0.348 e. The summed E-state index contributed by atoms with van der Waals surface area (Å²) < 4.78 is 12.4. The van der Waals surface area contributed by atoms with Crippen LogP contribution in [0.1, 0.15) is 55.2 Å². The maximum Gasteiger partial charge on any atom is 0.169 e. The standard InChI is InChI=1S/C23H28N2O2/c24-13-17-3-4-18-12-21-19-5-6-23(26-9-10-27-23)15-22(19,20(18)11-17)7-8-25(21)14-16-1-2-16/h3-4,11,16,19,21H,1-2,5-10,12,14-15H2/t19-,21+,22-/m1/s1. The van der Waals surface area contributed by atoms with Gasteiger partial charge in [0.05, 0.1) is 24.8 Å². The van der Waals surface area contributed by atoms with E-state index in [-0.39, 0.29) is 11.2 Å². The van der Waals surface area contributed by atoms with Crippen molar-refractivity contribution in [3.8, 4) is 6.07 Å². The van der Waals surface area contributed by atoms with Crippen LogP contribution in [0.25, 0.3) is 0 Å². The van der Waals surface area contributed by atoms with Crippen LogP contribution in [0.3, 0.4) is 0 Å². The maximum atomic E-state index is 9.50. The molecule has 2 saturated carbocycles. The van der Waals surface area contributed by atoms with E-state index in [0.29, 0.717) is 12.0 Å². The molecular weight excluding hydrogens is 336 g/mol. The minimum Gasteiger partial charge on any atom is -0.348 e. The molecule has 4 nitrogen and oxygen atoms in total. The Morgan fingerprint density at radius 1 is 1.15 bits per heavy atom. The first-order valence-electron chi connectivity index (χ1n) is 10.8. The Morgan fingerprint density at radius 3 is 2.78 bits per heavy atom. The number of piperidine rings is 1. The third-order valence-corrected chi connectivity index (χ3v) is 8.12. The van der Waals surface area contributed by atoms with Crippen LogP contribution in [0.5, 0.6) is 0 Å². The summed E-state index contributed by atoms with van der Waals surface area (Å²) in [5.74, 6) is 1.23. The number of hydrogen-bond acceptors (Lipinski definition) is 4. The van der Waals surface area contributed by atoms with E-state index in [1.165, 1.54) is 49.9 Å². The van der Waals surface area contributed by atoms with Crippen LogP contribution in [-0.2, 0) is 21.3 Å². The molecule has 6 rings (SSSR count). The minimum atomic E-state index is -0.378. The smallest absolute Gasteiger partial charge is 0.169 e. The number of hydrogen-bond donors (Lipinski definition) is 0. The predicted molar refractivity (Wildman–Crippen MR) is 101 cm³/mol. The highest BCUT2D eigenvalue weighted by atomic mass is 16.7. The molecule has 3 aliphatic carbocycles. The van der Waals surface area contributed by atoms with Gasteiger partial charge in [0.1, 0.15) is 0 Å². The monoisotopic (exact) mass is 364 g/mol. The van der Waals surface area contributed by atoms with Gasteiger partial charge in [0.15, 0.2) is 5.79 Å². The lowest BCUT2D eigenvalue weighted by atomic mass is 9.51. The van der Waals surface area contributed by atoms with Gasteiger partial charge in [0.25, 0.3) is 0 Å². The van der Waals surface area contributed by atoms with Gasteiger partial charge >= 0.3 is 0 Å². The highest BCUT2D eigenvalue weighted by Gasteiger charge is 2.60. The van der Waals surface area contributed by atoms with Crippen LogP contribution >= 0.6 is 0 Å². The van der Waals surface area contributed by atoms with Gasteiger partial charge in [0, 0.05) is 30.8 Å². The Balaban J connectivity index is 1.45. The van der Waals surface area contributed by atoms with Gasteiger partial charge in [-0.3, -0.25) is 4.90 Å². The van der Waals surface area contributed by atoms with Crippen molar-refractivity contribution in [3.05, 3.63) is 34.9 Å². The van der Waals surface area contributed by atoms with Crippen molar-refractivity contribution in [2.75, 3.05) is 26.3 Å². The number of rotatable bonds is 2. The van der Waals surface area contributed by atoms with E-state index < -0.39 is 0 Å². The molecule has 27 heavy (non-hydrogen) atoms. The fraction of sp³-hybridized carbons (Fsp3) is 0.696. The summed E-state index contributed by atoms with van der Waals surface area (Å²) in [6.45, 7) is 3.93. The van der Waals surface area contributed by atoms with Gasteiger partial charge < -0.3 is 9.47 Å². The average Bonchev–Trinajstić information content (AvgIpc) is 3.41. The number of likely N-dealkylation sites (tertiary alicyclic amines) is 1. The second kappa shape index (κ2) is 5.80. The Bertz CT molecular complexity index is 805. The Morgan fingerprint density at radius 2 is 2.00 bits per heavy atom. The quantitative estimate of drug-likeness (QED) is 0.807. The van der Waals surface area contributed by atoms with Gasteiger partial charge in [-0.25, -0.2) is 0 Å². The number of nitrogens with zero attached hydrogens (tertiary/aromatic N) is 2. The second-order valence-electron chi connectivity index (χ2n) is 9.53. The Hall–Kier alpha value is -1.41. The summed E-state index contributed by atoms with van der Waals surface area (Å²) in [4.78, 5) is 2.82. The van der Waals surface area contributed by atoms with Crippen molar-refractivity contribution < 1.29 is 9.47 Å². The topological polar surface area (TPSA) is 45.5 Å². The first-order chi connectivity index (χ1) is 13.2. The van der Waals surface area contributed by atoms with E-state index >= 15 is 0 Å². The summed E-state index contributed by atoms with van der Waals surface area (Å²) >= 11 is 0. The summed E-state index contributed by atoms with van der Waals surface area (Å²) in [5, 5.41) is 9.50. The lowest BCUT2D eigenvalue weighted by molar-refractivity contribution is -0.213. The Kier molecular flexibility index (Phi) is 3.55. The summed E-state index contributed by atoms with van der Waals surface area (Å²) in [7, 11) is 0.